The van der Waals surface area contributed by atoms with Gasteiger partial charge in [-0.05, 0) is 77.9 Å². The van der Waals surface area contributed by atoms with E-state index in [1.54, 1.807) is 12.1 Å². The second-order valence-corrected chi connectivity index (χ2v) is 37.0. The van der Waals surface area contributed by atoms with E-state index in [0.717, 1.165) is 0 Å². The normalized spacial score (nSPS) is 16.1. The fourth-order valence-electron chi connectivity index (χ4n) is 10.5. The number of phosphoric acid groups is 4. The molecule has 0 spiro atoms. The van der Waals surface area contributed by atoms with E-state index in [9.17, 15) is 57.0 Å². The minimum absolute atomic E-state index is 0.114. The Hall–Kier alpha value is -6.64. The number of phosphoric ester groups is 4. The maximum absolute atomic E-state index is 14.2. The van der Waals surface area contributed by atoms with Gasteiger partial charge in [-0.3, -0.25) is 66.8 Å². The molecule has 4 atom stereocenters. The number of likely N-dealkylation sites (N-methyl/N-ethyl adjacent to an activating group) is 4. The number of carbonyl (C=O) groups is 4. The highest BCUT2D eigenvalue weighted by Gasteiger charge is 2.34. The zero-order valence-corrected chi connectivity index (χ0v) is 68.8. The number of fused-ring (bicyclic) bond motifs is 8. The highest BCUT2D eigenvalue weighted by molar-refractivity contribution is 7.46. The summed E-state index contributed by atoms with van der Waals surface area (Å²) in [7, 11) is 4.80. The largest absolute Gasteiger partial charge is 0.756 e. The Morgan fingerprint density at radius 2 is 0.718 bits per heavy atom. The third-order valence-corrected chi connectivity index (χ3v) is 20.4. The molecule has 7 rings (SSSR count). The Morgan fingerprint density at radius 1 is 0.409 bits per heavy atom. The van der Waals surface area contributed by atoms with Gasteiger partial charge in [-0.25, -0.2) is 21.9 Å². The van der Waals surface area contributed by atoms with E-state index in [4.69, 9.17) is 70.2 Å². The van der Waals surface area contributed by atoms with E-state index >= 15 is 0 Å². The maximum atomic E-state index is 14.2. The number of carbonyl (C=O) groups excluding carboxylic acids is 4. The molecule has 0 saturated heterocycles. The Kier molecular flexibility index (Phi) is 31.3. The topological polar surface area (TPSA) is 454 Å². The average Bonchev–Trinajstić information content (AvgIpc) is 1.78. The Bertz CT molecular complexity index is 4290. The number of hydroxylamine groups is 4. The van der Waals surface area contributed by atoms with Crippen molar-refractivity contribution >= 4 is 77.0 Å². The van der Waals surface area contributed by atoms with Gasteiger partial charge < -0.3 is 88.4 Å². The van der Waals surface area contributed by atoms with Crippen LogP contribution < -0.4 is 46.2 Å². The number of rotatable bonds is 43. The van der Waals surface area contributed by atoms with Crippen LogP contribution in [-0.4, -0.2) is 259 Å². The van der Waals surface area contributed by atoms with Gasteiger partial charge in [-0.15, -0.1) is 0 Å². The van der Waals surface area contributed by atoms with Crippen molar-refractivity contribution in [1.29, 1.82) is 0 Å². The number of aromatic amines is 2. The molecule has 610 valence electrons. The zero-order chi connectivity index (χ0) is 81.5. The van der Waals surface area contributed by atoms with Gasteiger partial charge in [-0.2, -0.15) is 0 Å². The third-order valence-electron chi connectivity index (χ3n) is 16.4. The quantitative estimate of drug-likeness (QED) is 0.0138. The van der Waals surface area contributed by atoms with Crippen molar-refractivity contribution in [2.75, 3.05) is 197 Å². The first-order valence-corrected chi connectivity index (χ1v) is 40.8. The fourth-order valence-corrected chi connectivity index (χ4v) is 13.2. The van der Waals surface area contributed by atoms with Crippen LogP contribution in [0.15, 0.2) is 66.7 Å². The predicted molar refractivity (Wildman–Crippen MR) is 395 cm³/mol. The number of aromatic nitrogens is 4. The summed E-state index contributed by atoms with van der Waals surface area (Å²) in [6, 6.07) is 17.5. The molecule has 37 nitrogen and oxygen atoms in total. The van der Waals surface area contributed by atoms with Crippen LogP contribution in [0, 0.1) is 0 Å². The van der Waals surface area contributed by atoms with Gasteiger partial charge in [0, 0.05) is 90.7 Å². The minimum Gasteiger partial charge on any atom is -0.756 e. The molecule has 0 radical (unpaired) electrons. The summed E-state index contributed by atoms with van der Waals surface area (Å²) in [6.07, 6.45) is 0.659. The summed E-state index contributed by atoms with van der Waals surface area (Å²) in [5.41, 5.74) is 12.7. The number of hydrogen-bond acceptors (Lipinski definition) is 27. The van der Waals surface area contributed by atoms with Crippen molar-refractivity contribution in [2.24, 2.45) is 0 Å². The van der Waals surface area contributed by atoms with Gasteiger partial charge in [-0.1, -0.05) is 27.7 Å². The fraction of sp³-hybridized carbons (Fsp3) is 0.536. The lowest BCUT2D eigenvalue weighted by Gasteiger charge is -2.27. The van der Waals surface area contributed by atoms with Crippen LogP contribution in [0.5, 0.6) is 5.75 Å². The van der Waals surface area contributed by atoms with Gasteiger partial charge >= 0.3 is 0 Å². The number of nitrogens with one attached hydrogen (secondary N) is 6. The lowest BCUT2D eigenvalue weighted by atomic mass is 9.86. The molecule has 2 aliphatic heterocycles. The minimum atomic E-state index is -4.75. The molecule has 0 aliphatic carbocycles. The molecule has 41 heteroatoms. The summed E-state index contributed by atoms with van der Waals surface area (Å²) < 4.78 is 97.6. The Morgan fingerprint density at radius 3 is 1.06 bits per heavy atom. The summed E-state index contributed by atoms with van der Waals surface area (Å²) in [5, 5.41) is 0. The Balaban J connectivity index is 1.29. The van der Waals surface area contributed by atoms with Crippen molar-refractivity contribution < 1.29 is 135 Å². The molecule has 2 aliphatic rings. The summed E-state index contributed by atoms with van der Waals surface area (Å²) >= 11 is 0. The van der Waals surface area contributed by atoms with Crippen LogP contribution in [0.2, 0.25) is 0 Å². The van der Waals surface area contributed by atoms with Crippen molar-refractivity contribution in [3.8, 4) is 28.0 Å². The number of quaternary nitrogens is 4. The monoisotopic (exact) mass is 1620 g/mol. The van der Waals surface area contributed by atoms with E-state index in [1.165, 1.54) is 43.5 Å². The third kappa shape index (κ3) is 29.7. The van der Waals surface area contributed by atoms with Gasteiger partial charge in [0.1, 0.15) is 52.6 Å². The number of hydrogen-bond donors (Lipinski definition) is 6. The first-order valence-electron chi connectivity index (χ1n) is 34.9. The van der Waals surface area contributed by atoms with Crippen LogP contribution in [0.3, 0.4) is 0 Å². The van der Waals surface area contributed by atoms with Crippen LogP contribution in [0.1, 0.15) is 91.9 Å². The van der Waals surface area contributed by atoms with Crippen molar-refractivity contribution in [3.05, 3.63) is 112 Å². The summed E-state index contributed by atoms with van der Waals surface area (Å²) in [6.45, 7) is 4.91. The first-order chi connectivity index (χ1) is 51.0. The summed E-state index contributed by atoms with van der Waals surface area (Å²) in [4.78, 5) is 145. The standard InChI is InChI=1S/C69H104N12O25P4/c1-68(2)45-55-42-58-56(47-34-49(64(82)74-95-26-30-103-107(86,87)99-22-18-78(5,6)7)38-50(35-47)65(83)75-96-27-31-104-108(88,89)100-23-19-79(8,9)10)40-53(70-58)43-61-69(3,4)46-59(73-61)63(94-17)62-57(41-54(72-62)44-60(68)71-55)48-36-51(66(84)76-97-28-32-105-109(90,91)101-24-20-80(11,12)13)39-52(37-48)67(85)77-98-29-33-106-110(92,93)102-25-21-81(14,15)16/h34-44H,18-33,45-46H2,1-17H3,(H6-4,70,71,72,73,74,75,76,77,82,83,84,85,86,87,88,89,90,91,92,93). The maximum Gasteiger partial charge on any atom is 0.274 e. The van der Waals surface area contributed by atoms with Gasteiger partial charge in [0.2, 0.25) is 0 Å². The number of ether oxygens (including phenoxy) is 1. The second-order valence-electron chi connectivity index (χ2n) is 31.3. The molecular formula is C69H104N12O25P4. The highest BCUT2D eigenvalue weighted by Crippen LogP contribution is 2.44. The number of amides is 4. The van der Waals surface area contributed by atoms with E-state index in [0.29, 0.717) is 112 Å². The Labute approximate surface area is 639 Å². The molecule has 6 N–H and O–H groups in total. The zero-order valence-electron chi connectivity index (χ0n) is 65.3. The average molecular weight is 1630 g/mol. The molecule has 3 aromatic heterocycles. The molecule has 0 fully saturated rings. The van der Waals surface area contributed by atoms with Crippen LogP contribution in [0.25, 0.3) is 44.3 Å². The lowest BCUT2D eigenvalue weighted by molar-refractivity contribution is -0.870. The predicted octanol–water partition coefficient (Wildman–Crippen LogP) is 4.17. The molecule has 2 aromatic carbocycles. The lowest BCUT2D eigenvalue weighted by Crippen LogP contribution is -2.37. The number of benzene rings is 2. The molecular weight excluding hydrogens is 1520 g/mol. The first kappa shape index (κ1) is 90.6. The summed E-state index contributed by atoms with van der Waals surface area (Å²) in [5.74, 6) is -3.22. The van der Waals surface area contributed by atoms with Gasteiger partial charge in [0.15, 0.2) is 5.75 Å². The van der Waals surface area contributed by atoms with Gasteiger partial charge in [0.25, 0.3) is 54.9 Å². The van der Waals surface area contributed by atoms with Crippen molar-refractivity contribution in [2.45, 2.75) is 51.4 Å². The van der Waals surface area contributed by atoms with Crippen LogP contribution in [0.4, 0.5) is 0 Å². The van der Waals surface area contributed by atoms with Crippen molar-refractivity contribution in [3.63, 3.8) is 0 Å². The molecule has 4 unspecified atom stereocenters. The van der Waals surface area contributed by atoms with Crippen LogP contribution >= 0.6 is 31.3 Å². The number of H-pyrrole nitrogens is 2. The highest BCUT2D eigenvalue weighted by atomic mass is 31.2. The molecule has 0 saturated carbocycles. The van der Waals surface area contributed by atoms with E-state index in [-0.39, 0.29) is 66.4 Å². The SMILES string of the molecule is COc1c2nc(cc3cc(-c4cc(C(=O)NOCCOP(=O)([O-])OCC[N+](C)(C)C)cc(C(=O)NOCCOP(=O)([O-])OCC[N+](C)(C)C)c4)c(cc4nc(cc5cc(-c6cc(C(=O)NOCCOP(=O)([O-])OCC[N+](C)(C)C)cc(C(=O)NOCCOP(=O)([O-])OCC[N+](C)(C)C)c6)c1[nH]5)C(C)(C)C4)[nH]3)C(C)(C)C2. The van der Waals surface area contributed by atoms with E-state index in [1.807, 2.05) is 130 Å². The van der Waals surface area contributed by atoms with E-state index in [2.05, 4.69) is 31.9 Å². The molecule has 5 heterocycles. The second kappa shape index (κ2) is 38.0. The molecule has 8 bridgehead atoms. The molecule has 5 aromatic rings. The van der Waals surface area contributed by atoms with Crippen LogP contribution in [-0.2, 0) is 97.5 Å². The number of methoxy groups -OCH3 is 1. The molecule has 4 amide bonds. The smallest absolute Gasteiger partial charge is 0.274 e. The molecule has 110 heavy (non-hydrogen) atoms. The van der Waals surface area contributed by atoms with E-state index < -0.39 is 119 Å². The number of nitrogens with zero attached hydrogens (tertiary/aromatic N) is 6. The van der Waals surface area contributed by atoms with Crippen molar-refractivity contribution in [1.82, 2.24) is 41.9 Å². The van der Waals surface area contributed by atoms with Gasteiger partial charge in [0.05, 0.1) is 156 Å².